The number of ether oxygens (including phenoxy) is 2. The van der Waals surface area contributed by atoms with Crippen LogP contribution in [0.25, 0.3) is 6.08 Å². The Morgan fingerprint density at radius 1 is 1.33 bits per heavy atom. The molecule has 5 nitrogen and oxygen atoms in total. The van der Waals surface area contributed by atoms with Crippen molar-refractivity contribution in [3.8, 4) is 11.5 Å². The smallest absolute Gasteiger partial charge is 0.231 e. The molecule has 0 unspecified atom stereocenters. The van der Waals surface area contributed by atoms with E-state index in [4.69, 9.17) is 9.47 Å². The van der Waals surface area contributed by atoms with Crippen molar-refractivity contribution in [3.63, 3.8) is 0 Å². The zero-order chi connectivity index (χ0) is 13.0. The minimum atomic E-state index is -0.0963. The normalized spacial score (nSPS) is 12.7. The third-order valence-corrected chi connectivity index (χ3v) is 2.47. The molecular formula is C13H13NO4. The van der Waals surface area contributed by atoms with E-state index in [1.165, 1.54) is 6.92 Å². The standard InChI is InChI=1S/C13H13NO4/c1-9(16)14-4-2-3-10-5-12-13(18-8-17-12)6-11(10)7-15/h2-3,5-7H,4,8H2,1H3,(H,14,16). The molecule has 0 fully saturated rings. The molecule has 0 aliphatic carbocycles. The molecule has 1 amide bonds. The van der Waals surface area contributed by atoms with Gasteiger partial charge in [-0.3, -0.25) is 9.59 Å². The van der Waals surface area contributed by atoms with E-state index < -0.39 is 0 Å². The number of hydrogen-bond donors (Lipinski definition) is 1. The van der Waals surface area contributed by atoms with Crippen LogP contribution in [0.1, 0.15) is 22.8 Å². The van der Waals surface area contributed by atoms with Crippen LogP contribution in [0.15, 0.2) is 18.2 Å². The Morgan fingerprint density at radius 2 is 2.00 bits per heavy atom. The van der Waals surface area contributed by atoms with Gasteiger partial charge >= 0.3 is 0 Å². The quantitative estimate of drug-likeness (QED) is 0.816. The van der Waals surface area contributed by atoms with Crippen molar-refractivity contribution in [2.75, 3.05) is 13.3 Å². The lowest BCUT2D eigenvalue weighted by molar-refractivity contribution is -0.118. The van der Waals surface area contributed by atoms with Gasteiger partial charge in [0.25, 0.3) is 0 Å². The molecule has 94 valence electrons. The van der Waals surface area contributed by atoms with Gasteiger partial charge in [-0.1, -0.05) is 12.2 Å². The zero-order valence-electron chi connectivity index (χ0n) is 9.93. The Morgan fingerprint density at radius 3 is 2.61 bits per heavy atom. The first-order chi connectivity index (χ1) is 8.70. The minimum Gasteiger partial charge on any atom is -0.454 e. The van der Waals surface area contributed by atoms with Gasteiger partial charge in [-0.25, -0.2) is 0 Å². The van der Waals surface area contributed by atoms with Crippen LogP contribution in [-0.4, -0.2) is 25.5 Å². The topological polar surface area (TPSA) is 64.6 Å². The fourth-order valence-electron chi connectivity index (χ4n) is 1.61. The maximum Gasteiger partial charge on any atom is 0.231 e. The second-order valence-electron chi connectivity index (χ2n) is 3.79. The van der Waals surface area contributed by atoms with Gasteiger partial charge in [-0.15, -0.1) is 0 Å². The summed E-state index contributed by atoms with van der Waals surface area (Å²) in [6, 6.07) is 3.39. The summed E-state index contributed by atoms with van der Waals surface area (Å²) < 4.78 is 10.4. The van der Waals surface area contributed by atoms with Crippen molar-refractivity contribution in [2.24, 2.45) is 0 Å². The van der Waals surface area contributed by atoms with Crippen LogP contribution in [0.5, 0.6) is 11.5 Å². The number of carbonyl (C=O) groups is 2. The van der Waals surface area contributed by atoms with Crippen molar-refractivity contribution in [3.05, 3.63) is 29.3 Å². The van der Waals surface area contributed by atoms with Crippen molar-refractivity contribution < 1.29 is 19.1 Å². The van der Waals surface area contributed by atoms with Crippen molar-refractivity contribution in [1.82, 2.24) is 5.32 Å². The number of amides is 1. The number of fused-ring (bicyclic) bond motifs is 1. The van der Waals surface area contributed by atoms with Crippen LogP contribution in [0.3, 0.4) is 0 Å². The molecule has 1 aliphatic heterocycles. The molecule has 0 saturated carbocycles. The molecule has 1 aromatic carbocycles. The first kappa shape index (κ1) is 12.2. The van der Waals surface area contributed by atoms with E-state index in [2.05, 4.69) is 5.32 Å². The summed E-state index contributed by atoms with van der Waals surface area (Å²) in [6.07, 6.45) is 4.30. The predicted molar refractivity (Wildman–Crippen MR) is 65.7 cm³/mol. The van der Waals surface area contributed by atoms with Gasteiger partial charge in [0.1, 0.15) is 0 Å². The fourth-order valence-corrected chi connectivity index (χ4v) is 1.61. The summed E-state index contributed by atoms with van der Waals surface area (Å²) in [5.41, 5.74) is 1.26. The van der Waals surface area contributed by atoms with Crippen LogP contribution in [-0.2, 0) is 4.79 Å². The number of rotatable bonds is 4. The third kappa shape index (κ3) is 2.68. The second-order valence-corrected chi connectivity index (χ2v) is 3.79. The van der Waals surface area contributed by atoms with Crippen molar-refractivity contribution in [1.29, 1.82) is 0 Å². The molecule has 1 N–H and O–H groups in total. The van der Waals surface area contributed by atoms with Gasteiger partial charge in [0.2, 0.25) is 12.7 Å². The first-order valence-electron chi connectivity index (χ1n) is 5.50. The molecule has 0 spiro atoms. The Labute approximate surface area is 104 Å². The van der Waals surface area contributed by atoms with Gasteiger partial charge in [-0.2, -0.15) is 0 Å². The summed E-state index contributed by atoms with van der Waals surface area (Å²) >= 11 is 0. The molecule has 0 aromatic heterocycles. The van der Waals surface area contributed by atoms with Crippen LogP contribution in [0.4, 0.5) is 0 Å². The van der Waals surface area contributed by atoms with E-state index in [-0.39, 0.29) is 12.7 Å². The number of aldehydes is 1. The Hall–Kier alpha value is -2.30. The van der Waals surface area contributed by atoms with Gasteiger partial charge in [0.15, 0.2) is 17.8 Å². The highest BCUT2D eigenvalue weighted by molar-refractivity contribution is 5.84. The van der Waals surface area contributed by atoms with E-state index in [1.807, 2.05) is 0 Å². The van der Waals surface area contributed by atoms with Gasteiger partial charge < -0.3 is 14.8 Å². The number of nitrogens with one attached hydrogen (secondary N) is 1. The lowest BCUT2D eigenvalue weighted by atomic mass is 10.1. The fraction of sp³-hybridized carbons (Fsp3) is 0.231. The van der Waals surface area contributed by atoms with Crippen LogP contribution in [0.2, 0.25) is 0 Å². The summed E-state index contributed by atoms with van der Waals surface area (Å²) in [5, 5.41) is 2.64. The first-order valence-corrected chi connectivity index (χ1v) is 5.50. The molecule has 0 radical (unpaired) electrons. The number of carbonyl (C=O) groups excluding carboxylic acids is 2. The Bertz CT molecular complexity index is 508. The highest BCUT2D eigenvalue weighted by Crippen LogP contribution is 2.34. The molecule has 1 aromatic rings. The molecule has 0 saturated heterocycles. The van der Waals surface area contributed by atoms with Crippen LogP contribution < -0.4 is 14.8 Å². The lowest BCUT2D eigenvalue weighted by Crippen LogP contribution is -2.19. The second kappa shape index (κ2) is 5.35. The van der Waals surface area contributed by atoms with Crippen LogP contribution >= 0.6 is 0 Å². The average molecular weight is 247 g/mol. The summed E-state index contributed by atoms with van der Waals surface area (Å²) in [7, 11) is 0. The minimum absolute atomic E-state index is 0.0963. The highest BCUT2D eigenvalue weighted by atomic mass is 16.7. The summed E-state index contributed by atoms with van der Waals surface area (Å²) in [4.78, 5) is 21.7. The molecule has 0 atom stereocenters. The highest BCUT2D eigenvalue weighted by Gasteiger charge is 2.15. The summed E-state index contributed by atoms with van der Waals surface area (Å²) in [6.45, 7) is 2.04. The molecular weight excluding hydrogens is 234 g/mol. The van der Waals surface area contributed by atoms with E-state index in [0.29, 0.717) is 23.6 Å². The molecule has 2 rings (SSSR count). The SMILES string of the molecule is CC(=O)NCC=Cc1cc2c(cc1C=O)OCO2. The number of benzene rings is 1. The molecule has 5 heteroatoms. The van der Waals surface area contributed by atoms with Gasteiger partial charge in [-0.05, 0) is 17.7 Å². The number of hydrogen-bond acceptors (Lipinski definition) is 4. The largest absolute Gasteiger partial charge is 0.454 e. The van der Waals surface area contributed by atoms with E-state index in [1.54, 1.807) is 24.3 Å². The zero-order valence-corrected chi connectivity index (χ0v) is 9.93. The lowest BCUT2D eigenvalue weighted by Gasteiger charge is -2.02. The van der Waals surface area contributed by atoms with Crippen molar-refractivity contribution in [2.45, 2.75) is 6.92 Å². The van der Waals surface area contributed by atoms with Gasteiger partial charge in [0, 0.05) is 19.0 Å². The maximum atomic E-state index is 11.0. The van der Waals surface area contributed by atoms with Crippen molar-refractivity contribution >= 4 is 18.3 Å². The van der Waals surface area contributed by atoms with E-state index >= 15 is 0 Å². The molecule has 18 heavy (non-hydrogen) atoms. The Balaban J connectivity index is 2.16. The van der Waals surface area contributed by atoms with Gasteiger partial charge in [0.05, 0.1) is 0 Å². The average Bonchev–Trinajstić information content (AvgIpc) is 2.80. The molecule has 1 heterocycles. The Kier molecular flexibility index (Phi) is 3.62. The maximum absolute atomic E-state index is 11.0. The van der Waals surface area contributed by atoms with E-state index in [0.717, 1.165) is 11.8 Å². The monoisotopic (exact) mass is 247 g/mol. The molecule has 1 aliphatic rings. The predicted octanol–water partition coefficient (Wildman–Crippen LogP) is 1.38. The van der Waals surface area contributed by atoms with Crippen LogP contribution in [0, 0.1) is 0 Å². The third-order valence-electron chi connectivity index (χ3n) is 2.47. The summed E-state index contributed by atoms with van der Waals surface area (Å²) in [5.74, 6) is 1.11. The van der Waals surface area contributed by atoms with E-state index in [9.17, 15) is 9.59 Å². The molecule has 0 bridgehead atoms.